The minimum atomic E-state index is -0.639. The maximum absolute atomic E-state index is 14.0. The lowest BCUT2D eigenvalue weighted by Crippen LogP contribution is -2.58. The average molecular weight is 1030 g/mol. The molecular formula is C58H90N8O8. The summed E-state index contributed by atoms with van der Waals surface area (Å²) in [4.78, 5) is 85.0. The summed E-state index contributed by atoms with van der Waals surface area (Å²) in [6.45, 7) is 5.46. The van der Waals surface area contributed by atoms with Crippen molar-refractivity contribution in [2.75, 3.05) is 40.5 Å². The highest BCUT2D eigenvalue weighted by molar-refractivity contribution is 5.95. The summed E-state index contributed by atoms with van der Waals surface area (Å²) in [7, 11) is 3.44. The average Bonchev–Trinajstić information content (AvgIpc) is 4.04. The number of carbonyl (C=O) groups is 6. The van der Waals surface area contributed by atoms with Gasteiger partial charge in [0.2, 0.25) is 35.4 Å². The Hall–Kier alpha value is -4.90. The zero-order chi connectivity index (χ0) is 52.7. The number of amides is 6. The number of rotatable bonds is 29. The molecule has 0 unspecified atom stereocenters. The summed E-state index contributed by atoms with van der Waals surface area (Å²) in [6.07, 6.45) is 20.4. The second-order valence-electron chi connectivity index (χ2n) is 21.3. The Kier molecular flexibility index (Phi) is 24.6. The van der Waals surface area contributed by atoms with Gasteiger partial charge in [-0.1, -0.05) is 138 Å². The van der Waals surface area contributed by atoms with Crippen LogP contribution in [-0.4, -0.2) is 134 Å². The Bertz CT molecular complexity index is 1900. The fourth-order valence-electron chi connectivity index (χ4n) is 11.3. The molecule has 6 N–H and O–H groups in total. The minimum Gasteiger partial charge on any atom is -0.379 e. The van der Waals surface area contributed by atoms with Crippen LogP contribution >= 0.6 is 0 Å². The second kappa shape index (κ2) is 31.2. The van der Waals surface area contributed by atoms with Gasteiger partial charge in [-0.15, -0.1) is 0 Å². The lowest BCUT2D eigenvalue weighted by molar-refractivity contribution is -0.144. The first-order valence-electron chi connectivity index (χ1n) is 28.5. The molecule has 2 aromatic carbocycles. The molecule has 0 radical (unpaired) electrons. The van der Waals surface area contributed by atoms with Crippen molar-refractivity contribution in [3.63, 3.8) is 0 Å². The van der Waals surface area contributed by atoms with E-state index in [0.717, 1.165) is 101 Å². The molecule has 4 saturated heterocycles. The summed E-state index contributed by atoms with van der Waals surface area (Å²) in [5.41, 5.74) is 1.93. The number of benzene rings is 2. The van der Waals surface area contributed by atoms with Crippen LogP contribution in [0.3, 0.4) is 0 Å². The Labute approximate surface area is 441 Å². The predicted octanol–water partition coefficient (Wildman–Crippen LogP) is 6.69. The highest BCUT2D eigenvalue weighted by Crippen LogP contribution is 2.34. The van der Waals surface area contributed by atoms with Crippen molar-refractivity contribution in [1.29, 1.82) is 0 Å². The predicted molar refractivity (Wildman–Crippen MR) is 288 cm³/mol. The van der Waals surface area contributed by atoms with Crippen molar-refractivity contribution < 1.29 is 38.2 Å². The third-order valence-corrected chi connectivity index (χ3v) is 16.0. The molecule has 0 aromatic heterocycles. The van der Waals surface area contributed by atoms with Gasteiger partial charge in [-0.3, -0.25) is 28.8 Å². The molecule has 0 saturated carbocycles. The molecule has 4 aliphatic rings. The molecule has 0 aliphatic carbocycles. The lowest BCUT2D eigenvalue weighted by Gasteiger charge is -2.36. The molecule has 0 spiro atoms. The molecule has 4 aliphatic heterocycles. The van der Waals surface area contributed by atoms with Crippen LogP contribution in [0.25, 0.3) is 0 Å². The molecule has 16 heteroatoms. The van der Waals surface area contributed by atoms with E-state index in [-0.39, 0.29) is 59.6 Å². The number of nitrogens with one attached hydrogen (secondary N) is 6. The van der Waals surface area contributed by atoms with Gasteiger partial charge >= 0.3 is 0 Å². The van der Waals surface area contributed by atoms with Gasteiger partial charge in [0, 0.05) is 25.3 Å². The van der Waals surface area contributed by atoms with Crippen LogP contribution in [-0.2, 0) is 38.2 Å². The maximum atomic E-state index is 14.0. The van der Waals surface area contributed by atoms with Gasteiger partial charge in [0.1, 0.15) is 24.2 Å². The second-order valence-corrected chi connectivity index (χ2v) is 21.3. The third-order valence-electron chi connectivity index (χ3n) is 16.0. The Morgan fingerprint density at radius 1 is 0.500 bits per heavy atom. The number of ether oxygens (including phenoxy) is 2. The standard InChI is InChI=1S/C58H90N8O8/c1-41(59-3)53(67)61-47-31-21-19-29-45-33-35-51(65(45)57(47)71)55(69)63-49(43-25-15-13-16-26-43)39-73-37-23-11-9-7-5-6-8-10-12-24-38-74-40-50(44-27-17-14-18-28-44)64-56(70)52-36-34-46-30-20-22-32-48(58(72)66(46)52)62-54(68)42(2)60-4/h13-18,25-28,41-42,45-52,59-60H,5-12,19-24,29-40H2,1-4H3,(H,61,67)(H,62,68)(H,63,69)(H,64,70)/t41-,42-,45-,46-,47-,48-,49+,50+,51-,52-/m0/s1. The summed E-state index contributed by atoms with van der Waals surface area (Å²) in [5.74, 6) is -1.08. The van der Waals surface area contributed by atoms with Crippen LogP contribution in [0.5, 0.6) is 0 Å². The molecular weight excluding hydrogens is 937 g/mol. The summed E-state index contributed by atoms with van der Waals surface area (Å²) in [5, 5.41) is 18.3. The van der Waals surface area contributed by atoms with Crippen molar-refractivity contribution >= 4 is 35.4 Å². The molecule has 4 heterocycles. The molecule has 6 amide bonds. The highest BCUT2D eigenvalue weighted by Gasteiger charge is 2.46. The van der Waals surface area contributed by atoms with Gasteiger partial charge in [-0.05, 0) is 103 Å². The van der Waals surface area contributed by atoms with Gasteiger partial charge < -0.3 is 51.2 Å². The number of hydrogen-bond acceptors (Lipinski definition) is 10. The molecule has 74 heavy (non-hydrogen) atoms. The molecule has 6 rings (SSSR count). The van der Waals surface area contributed by atoms with E-state index >= 15 is 0 Å². The maximum Gasteiger partial charge on any atom is 0.246 e. The molecule has 10 atom stereocenters. The summed E-state index contributed by atoms with van der Waals surface area (Å²) < 4.78 is 12.4. The molecule has 16 nitrogen and oxygen atoms in total. The Morgan fingerprint density at radius 2 is 0.851 bits per heavy atom. The van der Waals surface area contributed by atoms with Crippen LogP contribution in [0.2, 0.25) is 0 Å². The Morgan fingerprint density at radius 3 is 1.22 bits per heavy atom. The van der Waals surface area contributed by atoms with Gasteiger partial charge in [0.15, 0.2) is 0 Å². The monoisotopic (exact) mass is 1030 g/mol. The van der Waals surface area contributed by atoms with E-state index in [4.69, 9.17) is 9.47 Å². The van der Waals surface area contributed by atoms with Crippen molar-refractivity contribution in [1.82, 2.24) is 41.7 Å². The first-order chi connectivity index (χ1) is 36.0. The summed E-state index contributed by atoms with van der Waals surface area (Å²) in [6, 6.07) is 15.8. The van der Waals surface area contributed by atoms with Crippen LogP contribution in [0.4, 0.5) is 0 Å². The van der Waals surface area contributed by atoms with E-state index in [2.05, 4.69) is 31.9 Å². The molecule has 410 valence electrons. The van der Waals surface area contributed by atoms with Crippen LogP contribution < -0.4 is 31.9 Å². The lowest BCUT2D eigenvalue weighted by atomic mass is 9.98. The number of unbranched alkanes of at least 4 members (excludes halogenated alkanes) is 9. The number of fused-ring (bicyclic) bond motifs is 2. The number of likely N-dealkylation sites (N-methyl/N-ethyl adjacent to an activating group) is 2. The van der Waals surface area contributed by atoms with Gasteiger partial charge in [0.05, 0.1) is 37.4 Å². The largest absolute Gasteiger partial charge is 0.379 e. The topological polar surface area (TPSA) is 200 Å². The van der Waals surface area contributed by atoms with Crippen molar-refractivity contribution in [3.8, 4) is 0 Å². The van der Waals surface area contributed by atoms with Gasteiger partial charge in [0.25, 0.3) is 0 Å². The normalized spacial score (nSPS) is 23.7. The number of nitrogens with zero attached hydrogens (tertiary/aromatic N) is 2. The quantitative estimate of drug-likeness (QED) is 0.0478. The fourth-order valence-corrected chi connectivity index (χ4v) is 11.3. The van der Waals surface area contributed by atoms with E-state index < -0.39 is 36.3 Å². The zero-order valence-corrected chi connectivity index (χ0v) is 45.1. The number of carbonyl (C=O) groups excluding carboxylic acids is 6. The Balaban J connectivity index is 0.842. The highest BCUT2D eigenvalue weighted by atomic mass is 16.5. The van der Waals surface area contributed by atoms with Crippen LogP contribution in [0.1, 0.15) is 178 Å². The first-order valence-corrected chi connectivity index (χ1v) is 28.5. The summed E-state index contributed by atoms with van der Waals surface area (Å²) >= 11 is 0. The van der Waals surface area contributed by atoms with E-state index in [1.807, 2.05) is 60.7 Å². The van der Waals surface area contributed by atoms with E-state index in [1.165, 1.54) is 25.7 Å². The smallest absolute Gasteiger partial charge is 0.246 e. The van der Waals surface area contributed by atoms with E-state index in [0.29, 0.717) is 52.1 Å². The van der Waals surface area contributed by atoms with Gasteiger partial charge in [-0.25, -0.2) is 0 Å². The first kappa shape index (κ1) is 58.4. The van der Waals surface area contributed by atoms with Crippen molar-refractivity contribution in [3.05, 3.63) is 71.8 Å². The van der Waals surface area contributed by atoms with Crippen molar-refractivity contribution in [2.24, 2.45) is 0 Å². The fraction of sp³-hybridized carbons (Fsp3) is 0.690. The van der Waals surface area contributed by atoms with Crippen LogP contribution in [0.15, 0.2) is 60.7 Å². The number of hydrogen-bond donors (Lipinski definition) is 6. The van der Waals surface area contributed by atoms with Crippen LogP contribution in [0, 0.1) is 0 Å². The minimum absolute atomic E-state index is 0.00458. The third kappa shape index (κ3) is 17.3. The molecule has 2 aromatic rings. The van der Waals surface area contributed by atoms with E-state index in [9.17, 15) is 28.8 Å². The van der Waals surface area contributed by atoms with Gasteiger partial charge in [-0.2, -0.15) is 0 Å². The SMILES string of the molecule is CN[C@@H](C)C(=O)N[C@H]1CCCC[C@H]2CC[C@@H](C(=O)N[C@H](COCCCCCCCCCCCCOC[C@@H](NC(=O)[C@@H]3CC[C@@H]4CCCC[C@H](NC(=O)[C@H](C)NC)C(=O)N43)c3ccccc3)c3ccccc3)N2C1=O. The molecule has 4 fully saturated rings. The zero-order valence-electron chi connectivity index (χ0n) is 45.1. The van der Waals surface area contributed by atoms with Crippen molar-refractivity contribution in [2.45, 2.75) is 216 Å². The molecule has 0 bridgehead atoms. The van der Waals surface area contributed by atoms with E-state index in [1.54, 1.807) is 37.7 Å².